The van der Waals surface area contributed by atoms with Crippen LogP contribution in [0.15, 0.2) is 0 Å². The first kappa shape index (κ1) is 13.9. The first-order valence-electron chi connectivity index (χ1n) is 3.51. The van der Waals surface area contributed by atoms with Gasteiger partial charge in [-0.25, -0.2) is 0 Å². The van der Waals surface area contributed by atoms with Gasteiger partial charge in [0.2, 0.25) is 0 Å². The molecule has 3 nitrogen and oxygen atoms in total. The molecule has 0 unspecified atom stereocenters. The van der Waals surface area contributed by atoms with Crippen molar-refractivity contribution < 1.29 is 13.3 Å². The third-order valence-electron chi connectivity index (χ3n) is 1.18. The third-order valence-corrected chi connectivity index (χ3v) is 3.55. The zero-order valence-corrected chi connectivity index (χ0v) is 8.14. The smallest absolute Gasteiger partial charge is 0.377 e. The number of hydrogen-bond donors (Lipinski definition) is 0. The summed E-state index contributed by atoms with van der Waals surface area (Å²) in [5.74, 6) is 0. The molecule has 0 aromatic carbocycles. The van der Waals surface area contributed by atoms with E-state index in [1.54, 1.807) is 7.11 Å². The lowest BCUT2D eigenvalue weighted by Gasteiger charge is -2.22. The zero-order chi connectivity index (χ0) is 8.04. The lowest BCUT2D eigenvalue weighted by Crippen LogP contribution is -2.41. The first-order chi connectivity index (χ1) is 4.68. The van der Waals surface area contributed by atoms with Gasteiger partial charge in [0.05, 0.1) is 0 Å². The van der Waals surface area contributed by atoms with Gasteiger partial charge in [0, 0.05) is 26.9 Å². The van der Waals surface area contributed by atoms with Crippen LogP contribution in [0, 0.1) is 0 Å². The summed E-state index contributed by atoms with van der Waals surface area (Å²) in [6.07, 6.45) is 0. The van der Waals surface area contributed by atoms with Crippen LogP contribution in [0.25, 0.3) is 0 Å². The summed E-state index contributed by atoms with van der Waals surface area (Å²) >= 11 is 0. The summed E-state index contributed by atoms with van der Waals surface area (Å²) in [6.45, 7) is 7.06. The van der Waals surface area contributed by atoms with Gasteiger partial charge in [0.15, 0.2) is 0 Å². The monoisotopic (exact) mass is 196 g/mol. The van der Waals surface area contributed by atoms with E-state index in [1.165, 1.54) is 0 Å². The van der Waals surface area contributed by atoms with Gasteiger partial charge in [-0.05, 0) is 24.8 Å². The van der Waals surface area contributed by atoms with E-state index in [9.17, 15) is 0 Å². The van der Waals surface area contributed by atoms with Crippen LogP contribution in [0.1, 0.15) is 13.8 Å². The molecule has 0 aliphatic heterocycles. The summed E-state index contributed by atoms with van der Waals surface area (Å²) in [4.78, 5) is 0. The molecule has 0 radical (unpaired) electrons. The van der Waals surface area contributed by atoms with E-state index in [0.717, 1.165) is 0 Å². The Bertz CT molecular complexity index is 83.9. The van der Waals surface area contributed by atoms with Gasteiger partial charge >= 0.3 is 8.80 Å². The van der Waals surface area contributed by atoms with Gasteiger partial charge < -0.3 is 13.3 Å². The summed E-state index contributed by atoms with van der Waals surface area (Å²) < 4.78 is 15.7. The largest absolute Gasteiger partial charge is 0.497 e. The van der Waals surface area contributed by atoms with Crippen LogP contribution in [0.4, 0.5) is 0 Å². The molecule has 0 fully saturated rings. The Morgan fingerprint density at radius 3 is 1.64 bits per heavy atom. The highest BCUT2D eigenvalue weighted by atomic mass is 28.4. The van der Waals surface area contributed by atoms with Gasteiger partial charge in [-0.3, -0.25) is 0 Å². The predicted molar refractivity (Wildman–Crippen MR) is 53.2 cm³/mol. The van der Waals surface area contributed by atoms with Crippen LogP contribution in [-0.2, 0) is 13.3 Å². The van der Waals surface area contributed by atoms with Gasteiger partial charge in [-0.2, -0.15) is 0 Å². The van der Waals surface area contributed by atoms with Gasteiger partial charge in [0.25, 0.3) is 0 Å². The molecule has 0 atom stereocenters. The van der Waals surface area contributed by atoms with E-state index in [4.69, 9.17) is 13.3 Å². The fourth-order valence-electron chi connectivity index (χ4n) is 0.684. The second-order valence-electron chi connectivity index (χ2n) is 1.93. The van der Waals surface area contributed by atoms with E-state index in [2.05, 4.69) is 0 Å². The van der Waals surface area contributed by atoms with E-state index in [1.807, 2.05) is 20.4 Å². The molecule has 0 amide bonds. The van der Waals surface area contributed by atoms with Gasteiger partial charge in [0.1, 0.15) is 0 Å². The molecule has 0 aliphatic carbocycles. The first-order valence-corrected chi connectivity index (χ1v) is 5.74. The normalized spacial score (nSPS) is 10.9. The van der Waals surface area contributed by atoms with Crippen LogP contribution in [-0.4, -0.2) is 40.1 Å². The Labute approximate surface area is 74.4 Å². The Kier molecular flexibility index (Phi) is 8.82. The van der Waals surface area contributed by atoms with Crippen molar-refractivity contribution in [2.75, 3.05) is 20.3 Å². The molecule has 0 aromatic rings. The van der Waals surface area contributed by atoms with E-state index in [-0.39, 0.29) is 11.0 Å². The minimum atomic E-state index is -2.22. The summed E-state index contributed by atoms with van der Waals surface area (Å²) in [6, 6.07) is 0. The Hall–Kier alpha value is 0.314. The molecule has 0 rings (SSSR count). The second kappa shape index (κ2) is 6.99. The van der Waals surface area contributed by atoms with Crippen molar-refractivity contribution in [3.63, 3.8) is 0 Å². The predicted octanol–water partition coefficient (Wildman–Crippen LogP) is -0.177. The second-order valence-corrected chi connectivity index (χ2v) is 4.64. The molecule has 0 bridgehead atoms. The fraction of sp³-hybridized carbons (Fsp3) is 1.00. The quantitative estimate of drug-likeness (QED) is 0.571. The van der Waals surface area contributed by atoms with Crippen molar-refractivity contribution in [2.45, 2.75) is 20.4 Å². The highest BCUT2D eigenvalue weighted by Crippen LogP contribution is 2.06. The number of hydrogen-bond acceptors (Lipinski definition) is 3. The minimum Gasteiger partial charge on any atom is -0.377 e. The van der Waals surface area contributed by atoms with E-state index < -0.39 is 8.80 Å². The lowest BCUT2D eigenvalue weighted by atomic mass is 10.9. The molecule has 5 heteroatoms. The van der Waals surface area contributed by atoms with Crippen molar-refractivity contribution in [2.24, 2.45) is 0 Å². The van der Waals surface area contributed by atoms with Crippen LogP contribution < -0.4 is 0 Å². The van der Waals surface area contributed by atoms with Crippen molar-refractivity contribution >= 4 is 19.8 Å². The standard InChI is InChI=1S/C6H16O3Si.H4Si/c1-5-8-10(4,7-3)9-6-2;/h5-6H2,1-4H3;1H4. The molecule has 70 valence electrons. The molecule has 0 heterocycles. The topological polar surface area (TPSA) is 27.7 Å². The SMILES string of the molecule is CCO[Si](C)(OC)OCC.[SiH4]. The van der Waals surface area contributed by atoms with Crippen molar-refractivity contribution in [1.82, 2.24) is 0 Å². The van der Waals surface area contributed by atoms with Gasteiger partial charge in [-0.15, -0.1) is 0 Å². The van der Waals surface area contributed by atoms with Crippen molar-refractivity contribution in [3.05, 3.63) is 0 Å². The molecule has 0 spiro atoms. The van der Waals surface area contributed by atoms with Crippen LogP contribution in [0.2, 0.25) is 6.55 Å². The maximum Gasteiger partial charge on any atom is 0.497 e. The molecule has 0 N–H and O–H groups in total. The van der Waals surface area contributed by atoms with Crippen molar-refractivity contribution in [3.8, 4) is 0 Å². The van der Waals surface area contributed by atoms with E-state index in [0.29, 0.717) is 13.2 Å². The Morgan fingerprint density at radius 2 is 1.45 bits per heavy atom. The fourth-order valence-corrected chi connectivity index (χ4v) is 2.05. The average Bonchev–Trinajstić information content (AvgIpc) is 1.89. The molecular weight excluding hydrogens is 176 g/mol. The number of rotatable bonds is 5. The molecule has 0 aromatic heterocycles. The van der Waals surface area contributed by atoms with Crippen LogP contribution >= 0.6 is 0 Å². The molecular formula is C6H20O3Si2. The third kappa shape index (κ3) is 5.57. The van der Waals surface area contributed by atoms with Crippen LogP contribution in [0.3, 0.4) is 0 Å². The summed E-state index contributed by atoms with van der Waals surface area (Å²) in [5, 5.41) is 0. The zero-order valence-electron chi connectivity index (χ0n) is 7.14. The molecule has 0 aliphatic rings. The Balaban J connectivity index is 0. The van der Waals surface area contributed by atoms with Gasteiger partial charge in [-0.1, -0.05) is 0 Å². The highest BCUT2D eigenvalue weighted by Gasteiger charge is 2.31. The maximum atomic E-state index is 5.31. The summed E-state index contributed by atoms with van der Waals surface area (Å²) in [7, 11) is -0.601. The Morgan fingerprint density at radius 1 is 1.09 bits per heavy atom. The highest BCUT2D eigenvalue weighted by molar-refractivity contribution is 6.59. The van der Waals surface area contributed by atoms with Crippen molar-refractivity contribution in [1.29, 1.82) is 0 Å². The van der Waals surface area contributed by atoms with E-state index >= 15 is 0 Å². The molecule has 0 saturated carbocycles. The summed E-state index contributed by atoms with van der Waals surface area (Å²) in [5.41, 5.74) is 0. The molecule has 0 saturated heterocycles. The lowest BCUT2D eigenvalue weighted by molar-refractivity contribution is 0.0939. The average molecular weight is 196 g/mol. The molecule has 11 heavy (non-hydrogen) atoms. The maximum absolute atomic E-state index is 5.31. The minimum absolute atomic E-state index is 0. The van der Waals surface area contributed by atoms with Crippen LogP contribution in [0.5, 0.6) is 0 Å².